The maximum Gasteiger partial charge on any atom is 1.00 e. The van der Waals surface area contributed by atoms with Gasteiger partial charge in [-0.15, -0.1) is 0 Å². The monoisotopic (exact) mass is 228 g/mol. The summed E-state index contributed by atoms with van der Waals surface area (Å²) in [4.78, 5) is 9.76. The molecule has 0 aliphatic heterocycles. The van der Waals surface area contributed by atoms with Gasteiger partial charge in [-0.2, -0.15) is 12.6 Å². The van der Waals surface area contributed by atoms with Crippen LogP contribution in [0.15, 0.2) is 0 Å². The molecule has 0 rings (SSSR count). The van der Waals surface area contributed by atoms with Gasteiger partial charge in [0.1, 0.15) is 6.04 Å². The molecule has 52 valence electrons. The molecular weight excluding hydrogens is 222 g/mol. The van der Waals surface area contributed by atoms with Crippen molar-refractivity contribution in [2.24, 2.45) is 5.73 Å². The van der Waals surface area contributed by atoms with E-state index in [2.05, 4.69) is 12.6 Å². The minimum absolute atomic E-state index is 0. The maximum absolute atomic E-state index is 9.76. The second kappa shape index (κ2) is 5.65. The number of carboxylic acid groups (broad SMARTS) is 1. The summed E-state index contributed by atoms with van der Waals surface area (Å²) < 4.78 is 0. The van der Waals surface area contributed by atoms with E-state index in [-0.39, 0.29) is 28.1 Å². The van der Waals surface area contributed by atoms with Crippen LogP contribution >= 0.6 is 12.6 Å². The standard InChI is InChI=1S/C3H7NO2S.Ag/c4-2(1-7)3(5)6;/h2,7H,1,4H2,(H,5,6);/q;+1/t2-;/m0./s1. The average molecular weight is 229 g/mol. The van der Waals surface area contributed by atoms with E-state index in [0.29, 0.717) is 0 Å². The van der Waals surface area contributed by atoms with E-state index >= 15 is 0 Å². The molecule has 3 N–H and O–H groups in total. The van der Waals surface area contributed by atoms with Crippen molar-refractivity contribution in [3.05, 3.63) is 0 Å². The van der Waals surface area contributed by atoms with Gasteiger partial charge in [0.05, 0.1) is 0 Å². The van der Waals surface area contributed by atoms with Crippen molar-refractivity contribution in [3.63, 3.8) is 0 Å². The molecule has 0 radical (unpaired) electrons. The summed E-state index contributed by atoms with van der Waals surface area (Å²) in [5.41, 5.74) is 4.94. The molecule has 0 amide bonds. The van der Waals surface area contributed by atoms with E-state index in [0.717, 1.165) is 0 Å². The Morgan fingerprint density at radius 2 is 2.25 bits per heavy atom. The van der Waals surface area contributed by atoms with Crippen molar-refractivity contribution in [2.75, 3.05) is 5.75 Å². The molecule has 0 aliphatic carbocycles. The van der Waals surface area contributed by atoms with Crippen LogP contribution in [0.25, 0.3) is 0 Å². The third-order valence-corrected chi connectivity index (χ3v) is 0.907. The number of thiol groups is 1. The van der Waals surface area contributed by atoms with Gasteiger partial charge in [-0.05, 0) is 0 Å². The Morgan fingerprint density at radius 1 is 1.88 bits per heavy atom. The molecule has 0 bridgehead atoms. The zero-order valence-electron chi connectivity index (χ0n) is 3.97. The molecule has 0 aromatic heterocycles. The molecule has 3 nitrogen and oxygen atoms in total. The van der Waals surface area contributed by atoms with Crippen LogP contribution in [-0.4, -0.2) is 22.9 Å². The van der Waals surface area contributed by atoms with E-state index < -0.39 is 12.0 Å². The number of carboxylic acids is 1. The zero-order chi connectivity index (χ0) is 5.86. The van der Waals surface area contributed by atoms with Crippen LogP contribution in [0.2, 0.25) is 0 Å². The first-order chi connectivity index (χ1) is 3.18. The van der Waals surface area contributed by atoms with Crippen LogP contribution in [0.3, 0.4) is 0 Å². The summed E-state index contributed by atoms with van der Waals surface area (Å²) in [6, 6.07) is -0.816. The van der Waals surface area contributed by atoms with Crippen molar-refractivity contribution in [1.82, 2.24) is 0 Å². The van der Waals surface area contributed by atoms with Gasteiger partial charge >= 0.3 is 28.3 Å². The summed E-state index contributed by atoms with van der Waals surface area (Å²) in [6.45, 7) is 0. The number of hydrogen-bond donors (Lipinski definition) is 3. The van der Waals surface area contributed by atoms with Crippen molar-refractivity contribution < 1.29 is 32.3 Å². The Morgan fingerprint density at radius 3 is 2.25 bits per heavy atom. The van der Waals surface area contributed by atoms with Crippen LogP contribution < -0.4 is 5.73 Å². The van der Waals surface area contributed by atoms with Gasteiger partial charge < -0.3 is 10.8 Å². The van der Waals surface area contributed by atoms with Crippen LogP contribution in [0.5, 0.6) is 0 Å². The van der Waals surface area contributed by atoms with Crippen LogP contribution in [-0.2, 0) is 27.2 Å². The molecule has 0 aromatic rings. The van der Waals surface area contributed by atoms with Crippen molar-refractivity contribution in [1.29, 1.82) is 0 Å². The van der Waals surface area contributed by atoms with Crippen molar-refractivity contribution in [2.45, 2.75) is 6.04 Å². The second-order valence-electron chi connectivity index (χ2n) is 1.13. The fourth-order valence-corrected chi connectivity index (χ4v) is 0.234. The molecule has 0 unspecified atom stereocenters. The number of carbonyl (C=O) groups is 1. The van der Waals surface area contributed by atoms with E-state index in [1.807, 2.05) is 0 Å². The molecule has 0 aliphatic rings. The van der Waals surface area contributed by atoms with Gasteiger partial charge in [0.25, 0.3) is 0 Å². The molecule has 0 spiro atoms. The molecule has 0 saturated carbocycles. The third-order valence-electron chi connectivity index (χ3n) is 0.514. The summed E-state index contributed by atoms with van der Waals surface area (Å²) in [7, 11) is 0. The van der Waals surface area contributed by atoms with Gasteiger partial charge in [-0.3, -0.25) is 4.79 Å². The van der Waals surface area contributed by atoms with Crippen LogP contribution in [0.4, 0.5) is 0 Å². The summed E-state index contributed by atoms with van der Waals surface area (Å²) >= 11 is 3.65. The van der Waals surface area contributed by atoms with E-state index in [1.165, 1.54) is 0 Å². The maximum atomic E-state index is 9.76. The minimum atomic E-state index is -1.00. The molecular formula is C3H7AgNO2S+. The first kappa shape index (κ1) is 11.3. The Balaban J connectivity index is 0. The van der Waals surface area contributed by atoms with Gasteiger partial charge in [0.15, 0.2) is 0 Å². The summed E-state index contributed by atoms with van der Waals surface area (Å²) in [6.07, 6.45) is 0. The molecule has 5 heteroatoms. The van der Waals surface area contributed by atoms with Gasteiger partial charge in [0.2, 0.25) is 0 Å². The zero-order valence-corrected chi connectivity index (χ0v) is 6.34. The second-order valence-corrected chi connectivity index (χ2v) is 1.49. The molecule has 0 aromatic carbocycles. The third kappa shape index (κ3) is 4.67. The smallest absolute Gasteiger partial charge is 0.480 e. The molecule has 0 fully saturated rings. The first-order valence-electron chi connectivity index (χ1n) is 1.77. The van der Waals surface area contributed by atoms with E-state index in [1.54, 1.807) is 0 Å². The molecule has 0 saturated heterocycles. The number of nitrogens with two attached hydrogens (primary N) is 1. The summed E-state index contributed by atoms with van der Waals surface area (Å²) in [5.74, 6) is -0.815. The Kier molecular flexibility index (Phi) is 8.01. The number of hydrogen-bond acceptors (Lipinski definition) is 3. The van der Waals surface area contributed by atoms with Crippen molar-refractivity contribution >= 4 is 18.6 Å². The summed E-state index contributed by atoms with van der Waals surface area (Å²) in [5, 5.41) is 8.01. The Bertz CT molecular complexity index is 79.7. The van der Waals surface area contributed by atoms with Gasteiger partial charge in [-0.1, -0.05) is 0 Å². The fraction of sp³-hybridized carbons (Fsp3) is 0.667. The molecule has 1 atom stereocenters. The fourth-order valence-electron chi connectivity index (χ4n) is 0.0781. The first-order valence-corrected chi connectivity index (χ1v) is 2.41. The largest absolute Gasteiger partial charge is 1.00 e. The predicted octanol–water partition coefficient (Wildman–Crippen LogP) is -0.674. The Labute approximate surface area is 68.6 Å². The quantitative estimate of drug-likeness (QED) is 0.434. The van der Waals surface area contributed by atoms with Crippen LogP contribution in [0, 0.1) is 0 Å². The minimum Gasteiger partial charge on any atom is -0.480 e. The predicted molar refractivity (Wildman–Crippen MR) is 29.5 cm³/mol. The molecule has 0 heterocycles. The van der Waals surface area contributed by atoms with Crippen LogP contribution in [0.1, 0.15) is 0 Å². The van der Waals surface area contributed by atoms with E-state index in [9.17, 15) is 4.79 Å². The van der Waals surface area contributed by atoms with Crippen molar-refractivity contribution in [3.8, 4) is 0 Å². The SMILES string of the molecule is N[C@@H](CS)C(=O)O.[Ag+]. The van der Waals surface area contributed by atoms with Gasteiger partial charge in [0, 0.05) is 5.75 Å². The number of rotatable bonds is 2. The topological polar surface area (TPSA) is 63.3 Å². The Hall–Kier alpha value is 0.520. The van der Waals surface area contributed by atoms with E-state index in [4.69, 9.17) is 10.8 Å². The average Bonchev–Trinajstić information content (AvgIpc) is 1.65. The normalized spacial score (nSPS) is 11.8. The number of aliphatic carboxylic acids is 1. The molecule has 8 heavy (non-hydrogen) atoms. The van der Waals surface area contributed by atoms with Gasteiger partial charge in [-0.25, -0.2) is 0 Å².